The number of imide groups is 1. The zero-order valence-electron chi connectivity index (χ0n) is 16.3. The minimum atomic E-state index is -3.94. The van der Waals surface area contributed by atoms with Crippen molar-refractivity contribution in [3.05, 3.63) is 29.3 Å². The summed E-state index contributed by atoms with van der Waals surface area (Å²) >= 11 is 5.74. The van der Waals surface area contributed by atoms with Crippen LogP contribution in [0.15, 0.2) is 29.2 Å². The highest BCUT2D eigenvalue weighted by Crippen LogP contribution is 2.17. The molecule has 1 rings (SSSR count). The molecule has 156 valence electrons. The van der Waals surface area contributed by atoms with E-state index in [1.807, 2.05) is 5.32 Å². The van der Waals surface area contributed by atoms with Crippen molar-refractivity contribution in [1.29, 1.82) is 0 Å². The summed E-state index contributed by atoms with van der Waals surface area (Å²) < 4.78 is 30.5. The quantitative estimate of drug-likeness (QED) is 0.656. The van der Waals surface area contributed by atoms with Crippen molar-refractivity contribution in [3.8, 4) is 0 Å². The Labute approximate surface area is 169 Å². The molecule has 0 saturated heterocycles. The highest BCUT2D eigenvalue weighted by molar-refractivity contribution is 7.89. The smallest absolute Gasteiger partial charge is 0.322 e. The van der Waals surface area contributed by atoms with Crippen molar-refractivity contribution >= 4 is 39.5 Å². The summed E-state index contributed by atoms with van der Waals surface area (Å²) in [5, 5.41) is 4.94. The molecule has 0 bridgehead atoms. The fourth-order valence-electron chi connectivity index (χ4n) is 1.93. The number of likely N-dealkylation sites (N-methyl/N-ethyl adjacent to an activating group) is 1. The zero-order valence-corrected chi connectivity index (χ0v) is 17.8. The van der Waals surface area contributed by atoms with Crippen LogP contribution >= 0.6 is 11.6 Å². The van der Waals surface area contributed by atoms with Gasteiger partial charge in [0.05, 0.1) is 4.90 Å². The van der Waals surface area contributed by atoms with Crippen LogP contribution in [0, 0.1) is 0 Å². The standard InChI is InChI=1S/C17H24ClN3O6S/c1-11(15(23)19-16(24)20-17(2,3)4)27-14(22)10-21(5)28(25,26)13-8-6-12(18)7-9-13/h6-9,11H,10H2,1-5H3,(H2,19,20,23,24). The summed E-state index contributed by atoms with van der Waals surface area (Å²) in [5.41, 5.74) is -0.553. The lowest BCUT2D eigenvalue weighted by molar-refractivity contribution is -0.154. The number of hydrogen-bond donors (Lipinski definition) is 2. The molecule has 1 unspecified atom stereocenters. The molecule has 0 aromatic heterocycles. The van der Waals surface area contributed by atoms with E-state index in [0.29, 0.717) is 5.02 Å². The number of carbonyl (C=O) groups is 3. The van der Waals surface area contributed by atoms with E-state index in [0.717, 1.165) is 4.31 Å². The van der Waals surface area contributed by atoms with Crippen molar-refractivity contribution in [2.45, 2.75) is 44.2 Å². The average molecular weight is 434 g/mol. The van der Waals surface area contributed by atoms with Crippen LogP contribution in [-0.2, 0) is 24.3 Å². The third-order valence-corrected chi connectivity index (χ3v) is 5.35. The lowest BCUT2D eigenvalue weighted by Gasteiger charge is -2.21. The highest BCUT2D eigenvalue weighted by Gasteiger charge is 2.26. The van der Waals surface area contributed by atoms with E-state index in [2.05, 4.69) is 5.32 Å². The molecule has 1 atom stereocenters. The third kappa shape index (κ3) is 7.45. The van der Waals surface area contributed by atoms with Crippen LogP contribution in [0.25, 0.3) is 0 Å². The average Bonchev–Trinajstić information content (AvgIpc) is 2.52. The molecule has 28 heavy (non-hydrogen) atoms. The van der Waals surface area contributed by atoms with Crippen LogP contribution < -0.4 is 10.6 Å². The van der Waals surface area contributed by atoms with Gasteiger partial charge >= 0.3 is 12.0 Å². The number of hydrogen-bond acceptors (Lipinski definition) is 6. The molecule has 0 radical (unpaired) electrons. The van der Waals surface area contributed by atoms with E-state index >= 15 is 0 Å². The summed E-state index contributed by atoms with van der Waals surface area (Å²) in [6, 6.07) is 4.71. The van der Waals surface area contributed by atoms with Crippen LogP contribution in [0.4, 0.5) is 4.79 Å². The minimum Gasteiger partial charge on any atom is -0.452 e. The predicted molar refractivity (Wildman–Crippen MR) is 103 cm³/mol. The molecule has 0 aliphatic carbocycles. The van der Waals surface area contributed by atoms with Gasteiger partial charge < -0.3 is 10.1 Å². The molecule has 3 amide bonds. The Bertz CT molecular complexity index is 833. The lowest BCUT2D eigenvalue weighted by atomic mass is 10.1. The first-order valence-electron chi connectivity index (χ1n) is 8.27. The second-order valence-electron chi connectivity index (χ2n) is 7.04. The van der Waals surface area contributed by atoms with Gasteiger partial charge in [-0.2, -0.15) is 4.31 Å². The predicted octanol–water partition coefficient (Wildman–Crippen LogP) is 1.52. The van der Waals surface area contributed by atoms with Gasteiger partial charge in [-0.15, -0.1) is 0 Å². The first-order valence-corrected chi connectivity index (χ1v) is 10.1. The number of benzene rings is 1. The fourth-order valence-corrected chi connectivity index (χ4v) is 3.17. The van der Waals surface area contributed by atoms with Crippen molar-refractivity contribution in [1.82, 2.24) is 14.9 Å². The molecule has 0 aliphatic heterocycles. The number of amides is 3. The third-order valence-electron chi connectivity index (χ3n) is 3.28. The number of carbonyl (C=O) groups excluding carboxylic acids is 3. The Morgan fingerprint density at radius 1 is 1.18 bits per heavy atom. The molecule has 2 N–H and O–H groups in total. The van der Waals surface area contributed by atoms with Crippen LogP contribution in [0.2, 0.25) is 5.02 Å². The van der Waals surface area contributed by atoms with Crippen LogP contribution in [0.3, 0.4) is 0 Å². The fraction of sp³-hybridized carbons (Fsp3) is 0.471. The molecule has 9 nitrogen and oxygen atoms in total. The Morgan fingerprint density at radius 2 is 1.71 bits per heavy atom. The van der Waals surface area contributed by atoms with E-state index < -0.39 is 46.1 Å². The first-order chi connectivity index (χ1) is 12.7. The highest BCUT2D eigenvalue weighted by atomic mass is 35.5. The van der Waals surface area contributed by atoms with Gasteiger partial charge in [0.15, 0.2) is 6.10 Å². The van der Waals surface area contributed by atoms with Gasteiger partial charge in [0.2, 0.25) is 10.0 Å². The molecule has 1 aromatic carbocycles. The molecular weight excluding hydrogens is 410 g/mol. The Hall–Kier alpha value is -2.17. The maximum Gasteiger partial charge on any atom is 0.322 e. The summed E-state index contributed by atoms with van der Waals surface area (Å²) in [6.07, 6.45) is -1.29. The Kier molecular flexibility index (Phi) is 7.97. The number of nitrogens with zero attached hydrogens (tertiary/aromatic N) is 1. The van der Waals surface area contributed by atoms with E-state index in [1.165, 1.54) is 38.2 Å². The van der Waals surface area contributed by atoms with Crippen LogP contribution in [-0.4, -0.2) is 55.9 Å². The normalized spacial score (nSPS) is 13.0. The van der Waals surface area contributed by atoms with Gasteiger partial charge in [0.25, 0.3) is 5.91 Å². The summed E-state index contributed by atoms with van der Waals surface area (Å²) in [4.78, 5) is 35.5. The summed E-state index contributed by atoms with van der Waals surface area (Å²) in [5.74, 6) is -1.78. The second-order valence-corrected chi connectivity index (χ2v) is 9.52. The molecule has 0 spiro atoms. The van der Waals surface area contributed by atoms with Gasteiger partial charge in [0.1, 0.15) is 6.54 Å². The first kappa shape index (κ1) is 23.9. The monoisotopic (exact) mass is 433 g/mol. The van der Waals surface area contributed by atoms with Gasteiger partial charge in [0, 0.05) is 17.6 Å². The zero-order chi connectivity index (χ0) is 21.7. The van der Waals surface area contributed by atoms with Crippen molar-refractivity contribution in [2.75, 3.05) is 13.6 Å². The number of sulfonamides is 1. The molecule has 0 aliphatic rings. The molecule has 1 aromatic rings. The number of rotatable bonds is 6. The van der Waals surface area contributed by atoms with Crippen molar-refractivity contribution < 1.29 is 27.5 Å². The maximum atomic E-state index is 12.4. The second kappa shape index (κ2) is 9.35. The Balaban J connectivity index is 2.63. The van der Waals surface area contributed by atoms with E-state index in [4.69, 9.17) is 16.3 Å². The number of esters is 1. The lowest BCUT2D eigenvalue weighted by Crippen LogP contribution is -2.50. The van der Waals surface area contributed by atoms with Crippen molar-refractivity contribution in [2.24, 2.45) is 0 Å². The van der Waals surface area contributed by atoms with E-state index in [-0.39, 0.29) is 4.90 Å². The molecule has 11 heteroatoms. The van der Waals surface area contributed by atoms with Crippen LogP contribution in [0.5, 0.6) is 0 Å². The van der Waals surface area contributed by atoms with Gasteiger partial charge in [-0.25, -0.2) is 13.2 Å². The molecule has 0 fully saturated rings. The molecule has 0 heterocycles. The van der Waals surface area contributed by atoms with E-state index in [1.54, 1.807) is 20.8 Å². The summed E-state index contributed by atoms with van der Waals surface area (Å²) in [7, 11) is -2.74. The molecule has 0 saturated carbocycles. The number of nitrogens with one attached hydrogen (secondary N) is 2. The van der Waals surface area contributed by atoms with Crippen molar-refractivity contribution in [3.63, 3.8) is 0 Å². The Morgan fingerprint density at radius 3 is 2.21 bits per heavy atom. The number of urea groups is 1. The van der Waals surface area contributed by atoms with Gasteiger partial charge in [-0.05, 0) is 52.0 Å². The molecular formula is C17H24ClN3O6S. The number of ether oxygens (including phenoxy) is 1. The van der Waals surface area contributed by atoms with Gasteiger partial charge in [-0.3, -0.25) is 14.9 Å². The largest absolute Gasteiger partial charge is 0.452 e. The maximum absolute atomic E-state index is 12.4. The topological polar surface area (TPSA) is 122 Å². The van der Waals surface area contributed by atoms with Crippen LogP contribution in [0.1, 0.15) is 27.7 Å². The SMILES string of the molecule is CC(OC(=O)CN(C)S(=O)(=O)c1ccc(Cl)cc1)C(=O)NC(=O)NC(C)(C)C. The van der Waals surface area contributed by atoms with Gasteiger partial charge in [-0.1, -0.05) is 11.6 Å². The number of halogens is 1. The minimum absolute atomic E-state index is 0.0446. The van der Waals surface area contributed by atoms with E-state index in [9.17, 15) is 22.8 Å². The summed E-state index contributed by atoms with van der Waals surface area (Å²) in [6.45, 7) is 5.86.